The van der Waals surface area contributed by atoms with Crippen LogP contribution in [-0.2, 0) is 11.2 Å². The summed E-state index contributed by atoms with van der Waals surface area (Å²) < 4.78 is 6.11. The Hall–Kier alpha value is -0.860. The predicted octanol–water partition coefficient (Wildman–Crippen LogP) is 4.10. The van der Waals surface area contributed by atoms with E-state index in [1.165, 1.54) is 36.8 Å². The van der Waals surface area contributed by atoms with Crippen molar-refractivity contribution in [3.8, 4) is 0 Å². The largest absolute Gasteiger partial charge is 0.373 e. The van der Waals surface area contributed by atoms with E-state index < -0.39 is 0 Å². The molecule has 2 unspecified atom stereocenters. The molecule has 0 bridgehead atoms. The molecule has 1 heterocycles. The fraction of sp³-hybridized carbons (Fsp3) is 0.684. The van der Waals surface area contributed by atoms with E-state index in [0.29, 0.717) is 6.04 Å². The molecule has 21 heavy (non-hydrogen) atoms. The van der Waals surface area contributed by atoms with Gasteiger partial charge in [-0.1, -0.05) is 44.0 Å². The molecular formula is C19H29NO. The molecule has 2 atom stereocenters. The zero-order valence-corrected chi connectivity index (χ0v) is 13.5. The molecule has 0 spiro atoms. The van der Waals surface area contributed by atoms with Gasteiger partial charge in [0.25, 0.3) is 0 Å². The average molecular weight is 287 g/mol. The molecule has 1 N–H and O–H groups in total. The Balaban J connectivity index is 1.67. The maximum atomic E-state index is 6.11. The van der Waals surface area contributed by atoms with Gasteiger partial charge in [-0.15, -0.1) is 0 Å². The maximum Gasteiger partial charge on any atom is 0.0842 e. The third kappa shape index (κ3) is 3.49. The molecule has 0 saturated heterocycles. The van der Waals surface area contributed by atoms with Crippen molar-refractivity contribution in [2.24, 2.45) is 11.8 Å². The minimum Gasteiger partial charge on any atom is -0.373 e. The maximum absolute atomic E-state index is 6.11. The minimum atomic E-state index is 0.284. The Morgan fingerprint density at radius 2 is 1.95 bits per heavy atom. The standard InChI is InChI=1S/C19H29NO/c1-14-7-9-16(10-8-14)18(20-2)13-19-17-6-4-3-5-15(17)11-12-21-19/h3-6,14,16,18-20H,7-13H2,1-2H3. The summed E-state index contributed by atoms with van der Waals surface area (Å²) in [5.74, 6) is 1.74. The van der Waals surface area contributed by atoms with Gasteiger partial charge in [-0.25, -0.2) is 0 Å². The predicted molar refractivity (Wildman–Crippen MR) is 87.4 cm³/mol. The number of ether oxygens (including phenoxy) is 1. The Labute approximate surface area is 129 Å². The highest BCUT2D eigenvalue weighted by atomic mass is 16.5. The van der Waals surface area contributed by atoms with E-state index in [0.717, 1.165) is 31.3 Å². The van der Waals surface area contributed by atoms with E-state index in [-0.39, 0.29) is 6.10 Å². The first-order valence-corrected chi connectivity index (χ1v) is 8.64. The lowest BCUT2D eigenvalue weighted by Crippen LogP contribution is -2.38. The van der Waals surface area contributed by atoms with Crippen LogP contribution in [0.15, 0.2) is 24.3 Å². The second-order valence-corrected chi connectivity index (χ2v) is 6.96. The number of fused-ring (bicyclic) bond motifs is 1. The van der Waals surface area contributed by atoms with Crippen molar-refractivity contribution in [1.82, 2.24) is 5.32 Å². The van der Waals surface area contributed by atoms with Crippen molar-refractivity contribution in [3.63, 3.8) is 0 Å². The molecule has 1 saturated carbocycles. The fourth-order valence-corrected chi connectivity index (χ4v) is 4.14. The van der Waals surface area contributed by atoms with Crippen molar-refractivity contribution in [2.45, 2.75) is 57.6 Å². The third-order valence-corrected chi connectivity index (χ3v) is 5.56. The van der Waals surface area contributed by atoms with E-state index >= 15 is 0 Å². The summed E-state index contributed by atoms with van der Waals surface area (Å²) in [5.41, 5.74) is 2.91. The number of nitrogens with one attached hydrogen (secondary N) is 1. The van der Waals surface area contributed by atoms with Gasteiger partial charge in [0.2, 0.25) is 0 Å². The van der Waals surface area contributed by atoms with Crippen LogP contribution in [0.5, 0.6) is 0 Å². The Bertz CT molecular complexity index is 451. The van der Waals surface area contributed by atoms with Crippen molar-refractivity contribution in [3.05, 3.63) is 35.4 Å². The fourth-order valence-electron chi connectivity index (χ4n) is 4.14. The van der Waals surface area contributed by atoms with Gasteiger partial charge in [0.15, 0.2) is 0 Å². The van der Waals surface area contributed by atoms with Gasteiger partial charge in [-0.2, -0.15) is 0 Å². The summed E-state index contributed by atoms with van der Waals surface area (Å²) in [5, 5.41) is 3.58. The van der Waals surface area contributed by atoms with E-state index in [9.17, 15) is 0 Å². The second-order valence-electron chi connectivity index (χ2n) is 6.96. The third-order valence-electron chi connectivity index (χ3n) is 5.56. The first-order chi connectivity index (χ1) is 10.3. The van der Waals surface area contributed by atoms with Crippen LogP contribution >= 0.6 is 0 Å². The summed E-state index contributed by atoms with van der Waals surface area (Å²) in [7, 11) is 2.12. The van der Waals surface area contributed by atoms with Gasteiger partial charge in [0.1, 0.15) is 0 Å². The molecule has 0 aromatic heterocycles. The molecule has 116 valence electrons. The van der Waals surface area contributed by atoms with Crippen molar-refractivity contribution < 1.29 is 4.74 Å². The van der Waals surface area contributed by atoms with Crippen LogP contribution in [0, 0.1) is 11.8 Å². The normalized spacial score (nSPS) is 30.7. The molecule has 1 aromatic rings. The average Bonchev–Trinajstić information content (AvgIpc) is 2.54. The molecule has 3 rings (SSSR count). The number of rotatable bonds is 4. The topological polar surface area (TPSA) is 21.3 Å². The molecule has 2 aliphatic rings. The van der Waals surface area contributed by atoms with Gasteiger partial charge in [0, 0.05) is 6.04 Å². The zero-order valence-electron chi connectivity index (χ0n) is 13.5. The molecule has 0 amide bonds. The minimum absolute atomic E-state index is 0.284. The van der Waals surface area contributed by atoms with Crippen LogP contribution in [0.25, 0.3) is 0 Å². The molecule has 0 radical (unpaired) electrons. The SMILES string of the molecule is CNC(CC1OCCc2ccccc21)C1CCC(C)CC1. The Morgan fingerprint density at radius 1 is 1.19 bits per heavy atom. The molecule has 2 heteroatoms. The Kier molecular flexibility index (Phi) is 4.97. The van der Waals surface area contributed by atoms with Crippen LogP contribution in [0.1, 0.15) is 56.3 Å². The summed E-state index contributed by atoms with van der Waals surface area (Å²) in [6.07, 6.45) is 8.01. The monoisotopic (exact) mass is 287 g/mol. The van der Waals surface area contributed by atoms with E-state index in [2.05, 4.69) is 43.6 Å². The van der Waals surface area contributed by atoms with Crippen LogP contribution in [0.4, 0.5) is 0 Å². The highest BCUT2D eigenvalue weighted by Crippen LogP contribution is 2.36. The van der Waals surface area contributed by atoms with Crippen LogP contribution in [0.3, 0.4) is 0 Å². The second kappa shape index (κ2) is 6.93. The molecule has 1 aliphatic carbocycles. The molecule has 1 fully saturated rings. The number of benzene rings is 1. The van der Waals surface area contributed by atoms with E-state index in [1.54, 1.807) is 0 Å². The van der Waals surface area contributed by atoms with Crippen LogP contribution < -0.4 is 5.32 Å². The van der Waals surface area contributed by atoms with E-state index in [4.69, 9.17) is 4.74 Å². The first kappa shape index (κ1) is 15.1. The highest BCUT2D eigenvalue weighted by Gasteiger charge is 2.29. The smallest absolute Gasteiger partial charge is 0.0842 e. The lowest BCUT2D eigenvalue weighted by Gasteiger charge is -2.36. The van der Waals surface area contributed by atoms with Crippen LogP contribution in [0.2, 0.25) is 0 Å². The van der Waals surface area contributed by atoms with Gasteiger partial charge in [0.05, 0.1) is 12.7 Å². The van der Waals surface area contributed by atoms with Gasteiger partial charge >= 0.3 is 0 Å². The van der Waals surface area contributed by atoms with Gasteiger partial charge < -0.3 is 10.1 Å². The van der Waals surface area contributed by atoms with Crippen molar-refractivity contribution in [2.75, 3.05) is 13.7 Å². The summed E-state index contributed by atoms with van der Waals surface area (Å²) in [6, 6.07) is 9.42. The quantitative estimate of drug-likeness (QED) is 0.900. The highest BCUT2D eigenvalue weighted by molar-refractivity contribution is 5.31. The molecular weight excluding hydrogens is 258 g/mol. The first-order valence-electron chi connectivity index (χ1n) is 8.64. The summed E-state index contributed by atoms with van der Waals surface area (Å²) in [4.78, 5) is 0. The van der Waals surface area contributed by atoms with E-state index in [1.807, 2.05) is 0 Å². The lowest BCUT2D eigenvalue weighted by molar-refractivity contribution is 0.0224. The summed E-state index contributed by atoms with van der Waals surface area (Å²) >= 11 is 0. The Morgan fingerprint density at radius 3 is 2.71 bits per heavy atom. The van der Waals surface area contributed by atoms with Crippen molar-refractivity contribution in [1.29, 1.82) is 0 Å². The molecule has 1 aliphatic heterocycles. The number of hydrogen-bond acceptors (Lipinski definition) is 2. The number of hydrogen-bond donors (Lipinski definition) is 1. The van der Waals surface area contributed by atoms with Crippen molar-refractivity contribution >= 4 is 0 Å². The molecule has 2 nitrogen and oxygen atoms in total. The lowest BCUT2D eigenvalue weighted by atomic mass is 9.77. The molecule has 1 aromatic carbocycles. The van der Waals surface area contributed by atoms with Crippen LogP contribution in [-0.4, -0.2) is 19.7 Å². The summed E-state index contributed by atoms with van der Waals surface area (Å²) in [6.45, 7) is 3.27. The zero-order chi connectivity index (χ0) is 14.7. The van der Waals surface area contributed by atoms with Gasteiger partial charge in [-0.05, 0) is 55.7 Å². The van der Waals surface area contributed by atoms with Gasteiger partial charge in [-0.3, -0.25) is 0 Å².